The minimum absolute atomic E-state index is 0.639. The van der Waals surface area contributed by atoms with Gasteiger partial charge < -0.3 is 4.90 Å². The molecule has 0 aliphatic heterocycles. The predicted molar refractivity (Wildman–Crippen MR) is 70.1 cm³/mol. The van der Waals surface area contributed by atoms with Crippen molar-refractivity contribution in [1.29, 1.82) is 0 Å². The van der Waals surface area contributed by atoms with Crippen molar-refractivity contribution in [3.05, 3.63) is 17.3 Å². The maximum atomic E-state index is 11.1. The van der Waals surface area contributed by atoms with Crippen LogP contribution in [0.4, 0.5) is 5.82 Å². The van der Waals surface area contributed by atoms with Crippen molar-refractivity contribution in [2.75, 3.05) is 30.5 Å². The minimum Gasteiger partial charge on any atom is -0.357 e. The molecule has 2 aromatic heterocycles. The number of hydrogen-bond donors (Lipinski definition) is 0. The van der Waals surface area contributed by atoms with Crippen LogP contribution in [0.5, 0.6) is 0 Å². The van der Waals surface area contributed by atoms with Gasteiger partial charge in [0, 0.05) is 30.9 Å². The molecule has 16 heavy (non-hydrogen) atoms. The van der Waals surface area contributed by atoms with E-state index in [0.29, 0.717) is 5.69 Å². The van der Waals surface area contributed by atoms with E-state index in [-0.39, 0.29) is 0 Å². The van der Waals surface area contributed by atoms with Crippen molar-refractivity contribution < 1.29 is 4.79 Å². The van der Waals surface area contributed by atoms with E-state index in [2.05, 4.69) is 11.2 Å². The van der Waals surface area contributed by atoms with Crippen molar-refractivity contribution in [2.45, 2.75) is 0 Å². The molecule has 0 bridgehead atoms. The number of nitrogens with zero attached hydrogens (tertiary/aromatic N) is 3. The Balaban J connectivity index is 2.35. The standard InChI is InChI=1S/C10H13N3OS2/c1-12(3-5-15-2)9-8(7-14)13-4-6-16-10(13)11-9/h4,6-7H,3,5H2,1-2H3. The summed E-state index contributed by atoms with van der Waals surface area (Å²) < 4.78 is 1.84. The zero-order chi connectivity index (χ0) is 11.5. The first kappa shape index (κ1) is 11.5. The molecular weight excluding hydrogens is 242 g/mol. The van der Waals surface area contributed by atoms with E-state index in [9.17, 15) is 4.79 Å². The summed E-state index contributed by atoms with van der Waals surface area (Å²) in [6, 6.07) is 0. The number of carbonyl (C=O) groups is 1. The normalized spacial score (nSPS) is 10.9. The van der Waals surface area contributed by atoms with E-state index in [1.165, 1.54) is 0 Å². The minimum atomic E-state index is 0.639. The van der Waals surface area contributed by atoms with Crippen LogP contribution in [0.1, 0.15) is 10.5 Å². The van der Waals surface area contributed by atoms with Gasteiger partial charge in [0.1, 0.15) is 5.69 Å². The summed E-state index contributed by atoms with van der Waals surface area (Å²) >= 11 is 3.33. The van der Waals surface area contributed by atoms with E-state index in [1.54, 1.807) is 23.1 Å². The van der Waals surface area contributed by atoms with Crippen molar-refractivity contribution in [2.24, 2.45) is 0 Å². The van der Waals surface area contributed by atoms with E-state index >= 15 is 0 Å². The SMILES string of the molecule is CSCCN(C)c1nc2sccn2c1C=O. The number of hydrogen-bond acceptors (Lipinski definition) is 5. The Labute approximate surface area is 102 Å². The Morgan fingerprint density at radius 1 is 1.69 bits per heavy atom. The first-order chi connectivity index (χ1) is 7.77. The lowest BCUT2D eigenvalue weighted by atomic mass is 10.4. The fraction of sp³-hybridized carbons (Fsp3) is 0.400. The predicted octanol–water partition coefficient (Wildman–Crippen LogP) is 2.01. The number of thiazole rings is 1. The summed E-state index contributed by atoms with van der Waals surface area (Å²) in [7, 11) is 1.97. The zero-order valence-corrected chi connectivity index (χ0v) is 10.8. The molecule has 0 atom stereocenters. The molecule has 2 aromatic rings. The second-order valence-corrected chi connectivity index (χ2v) is 5.27. The number of aldehydes is 1. The van der Waals surface area contributed by atoms with Gasteiger partial charge in [0.05, 0.1) is 0 Å². The topological polar surface area (TPSA) is 37.6 Å². The van der Waals surface area contributed by atoms with Crippen LogP contribution < -0.4 is 4.90 Å². The van der Waals surface area contributed by atoms with Gasteiger partial charge in [0.25, 0.3) is 0 Å². The number of aromatic nitrogens is 2. The van der Waals surface area contributed by atoms with Crippen LogP contribution in [0.15, 0.2) is 11.6 Å². The molecular formula is C10H13N3OS2. The average Bonchev–Trinajstić information content (AvgIpc) is 2.84. The Hall–Kier alpha value is -1.01. The van der Waals surface area contributed by atoms with Crippen LogP contribution in [0.25, 0.3) is 4.96 Å². The Kier molecular flexibility index (Phi) is 3.50. The second kappa shape index (κ2) is 4.88. The summed E-state index contributed by atoms with van der Waals surface area (Å²) in [6.45, 7) is 0.896. The quantitative estimate of drug-likeness (QED) is 0.766. The molecule has 0 amide bonds. The first-order valence-electron chi connectivity index (χ1n) is 4.88. The van der Waals surface area contributed by atoms with Crippen LogP contribution in [0.2, 0.25) is 0 Å². The molecule has 0 aliphatic carbocycles. The highest BCUT2D eigenvalue weighted by Crippen LogP contribution is 2.22. The Bertz CT molecular complexity index is 491. The van der Waals surface area contributed by atoms with Crippen LogP contribution in [-0.4, -0.2) is 41.3 Å². The molecule has 0 N–H and O–H groups in total. The van der Waals surface area contributed by atoms with Crippen LogP contribution >= 0.6 is 23.1 Å². The van der Waals surface area contributed by atoms with Crippen molar-refractivity contribution in [3.8, 4) is 0 Å². The lowest BCUT2D eigenvalue weighted by molar-refractivity contribution is 0.111. The molecule has 4 nitrogen and oxygen atoms in total. The number of imidazole rings is 1. The molecule has 86 valence electrons. The largest absolute Gasteiger partial charge is 0.357 e. The molecule has 0 aromatic carbocycles. The number of anilines is 1. The number of thioether (sulfide) groups is 1. The van der Waals surface area contributed by atoms with Crippen molar-refractivity contribution >= 4 is 40.2 Å². The summed E-state index contributed by atoms with van der Waals surface area (Å²) in [5.74, 6) is 1.80. The number of carbonyl (C=O) groups excluding carboxylic acids is 1. The fourth-order valence-corrected chi connectivity index (χ4v) is 2.69. The highest BCUT2D eigenvalue weighted by atomic mass is 32.2. The van der Waals surface area contributed by atoms with E-state index in [0.717, 1.165) is 29.4 Å². The van der Waals surface area contributed by atoms with Gasteiger partial charge in [-0.05, 0) is 6.26 Å². The second-order valence-electron chi connectivity index (χ2n) is 3.41. The molecule has 2 heterocycles. The van der Waals surface area contributed by atoms with Gasteiger partial charge in [-0.2, -0.15) is 11.8 Å². The molecule has 0 spiro atoms. The molecule has 0 aliphatic rings. The van der Waals surface area contributed by atoms with E-state index < -0.39 is 0 Å². The summed E-state index contributed by atoms with van der Waals surface area (Å²) in [5, 5.41) is 1.93. The summed E-state index contributed by atoms with van der Waals surface area (Å²) in [6.07, 6.45) is 4.82. The molecule has 0 saturated carbocycles. The maximum Gasteiger partial charge on any atom is 0.196 e. The fourth-order valence-electron chi connectivity index (χ4n) is 1.52. The monoisotopic (exact) mass is 255 g/mol. The number of fused-ring (bicyclic) bond motifs is 1. The smallest absolute Gasteiger partial charge is 0.196 e. The third kappa shape index (κ3) is 1.94. The van der Waals surface area contributed by atoms with Gasteiger partial charge >= 0.3 is 0 Å². The molecule has 0 saturated heterocycles. The highest BCUT2D eigenvalue weighted by Gasteiger charge is 2.15. The zero-order valence-electron chi connectivity index (χ0n) is 9.21. The maximum absolute atomic E-state index is 11.1. The Morgan fingerprint density at radius 3 is 3.19 bits per heavy atom. The number of rotatable bonds is 5. The van der Waals surface area contributed by atoms with Crippen molar-refractivity contribution in [3.63, 3.8) is 0 Å². The molecule has 0 unspecified atom stereocenters. The molecule has 0 radical (unpaired) electrons. The summed E-state index contributed by atoms with van der Waals surface area (Å²) in [4.78, 5) is 18.5. The van der Waals surface area contributed by atoms with E-state index in [4.69, 9.17) is 0 Å². The van der Waals surface area contributed by atoms with Gasteiger partial charge in [-0.25, -0.2) is 4.98 Å². The van der Waals surface area contributed by atoms with Gasteiger partial charge in [-0.15, -0.1) is 11.3 Å². The van der Waals surface area contributed by atoms with E-state index in [1.807, 2.05) is 27.9 Å². The Morgan fingerprint density at radius 2 is 2.50 bits per heavy atom. The molecule has 0 fully saturated rings. The summed E-state index contributed by atoms with van der Waals surface area (Å²) in [5.41, 5.74) is 0.639. The van der Waals surface area contributed by atoms with Crippen LogP contribution in [0, 0.1) is 0 Å². The van der Waals surface area contributed by atoms with Crippen molar-refractivity contribution in [1.82, 2.24) is 9.38 Å². The average molecular weight is 255 g/mol. The first-order valence-corrected chi connectivity index (χ1v) is 7.16. The highest BCUT2D eigenvalue weighted by molar-refractivity contribution is 7.98. The lowest BCUT2D eigenvalue weighted by Gasteiger charge is -2.15. The van der Waals surface area contributed by atoms with Crippen LogP contribution in [0.3, 0.4) is 0 Å². The molecule has 6 heteroatoms. The third-order valence-corrected chi connectivity index (χ3v) is 3.73. The van der Waals surface area contributed by atoms with Gasteiger partial charge in [0.2, 0.25) is 0 Å². The van der Waals surface area contributed by atoms with Gasteiger partial charge in [-0.1, -0.05) is 0 Å². The molecule has 2 rings (SSSR count). The van der Waals surface area contributed by atoms with Gasteiger partial charge in [0.15, 0.2) is 17.1 Å². The lowest BCUT2D eigenvalue weighted by Crippen LogP contribution is -2.21. The van der Waals surface area contributed by atoms with Gasteiger partial charge in [-0.3, -0.25) is 9.20 Å². The third-order valence-electron chi connectivity index (χ3n) is 2.38. The van der Waals surface area contributed by atoms with Crippen LogP contribution in [-0.2, 0) is 0 Å².